The van der Waals surface area contributed by atoms with Crippen LogP contribution in [0.2, 0.25) is 0 Å². The summed E-state index contributed by atoms with van der Waals surface area (Å²) in [5.74, 6) is 0.530. The molecular formula is C9H15N6O. The monoisotopic (exact) mass is 223 g/mol. The summed E-state index contributed by atoms with van der Waals surface area (Å²) in [4.78, 5) is 13.3. The third kappa shape index (κ3) is 2.41. The van der Waals surface area contributed by atoms with Crippen LogP contribution in [0.3, 0.4) is 0 Å². The highest BCUT2D eigenvalue weighted by Crippen LogP contribution is 2.09. The number of urea groups is 1. The van der Waals surface area contributed by atoms with Crippen LogP contribution in [0.15, 0.2) is 10.2 Å². The number of amides is 2. The molecule has 0 aromatic rings. The first-order valence-corrected chi connectivity index (χ1v) is 5.39. The van der Waals surface area contributed by atoms with E-state index in [1.54, 1.807) is 4.90 Å². The van der Waals surface area contributed by atoms with E-state index in [4.69, 9.17) is 0 Å². The molecule has 1 radical (unpaired) electrons. The summed E-state index contributed by atoms with van der Waals surface area (Å²) < 4.78 is 0. The van der Waals surface area contributed by atoms with Crippen LogP contribution >= 0.6 is 0 Å². The number of likely N-dealkylation sites (tertiary alicyclic amines) is 1. The highest BCUT2D eigenvalue weighted by atomic mass is 16.2. The van der Waals surface area contributed by atoms with Gasteiger partial charge in [0, 0.05) is 25.7 Å². The summed E-state index contributed by atoms with van der Waals surface area (Å²) in [5, 5.41) is 17.3. The Labute approximate surface area is 94.0 Å². The van der Waals surface area contributed by atoms with E-state index in [1.165, 1.54) is 6.34 Å². The van der Waals surface area contributed by atoms with Crippen molar-refractivity contribution < 1.29 is 4.79 Å². The molecule has 0 aromatic heterocycles. The molecule has 87 valence electrons. The molecule has 2 amide bonds. The smallest absolute Gasteiger partial charge is 0.317 e. The number of carbonyl (C=O) groups is 1. The second kappa shape index (κ2) is 4.82. The van der Waals surface area contributed by atoms with Crippen molar-refractivity contribution in [2.24, 2.45) is 10.2 Å². The van der Waals surface area contributed by atoms with Crippen LogP contribution in [0.4, 0.5) is 4.79 Å². The predicted molar refractivity (Wildman–Crippen MR) is 60.2 cm³/mol. The quantitative estimate of drug-likeness (QED) is 0.648. The minimum atomic E-state index is -0.00616. The van der Waals surface area contributed by atoms with Crippen molar-refractivity contribution in [1.29, 1.82) is 0 Å². The van der Waals surface area contributed by atoms with E-state index in [0.29, 0.717) is 19.0 Å². The predicted octanol–water partition coefficient (Wildman–Crippen LogP) is -0.703. The van der Waals surface area contributed by atoms with Gasteiger partial charge in [-0.25, -0.2) is 4.79 Å². The fraction of sp³-hybridized carbons (Fsp3) is 0.667. The van der Waals surface area contributed by atoms with E-state index in [1.807, 2.05) is 6.92 Å². The van der Waals surface area contributed by atoms with Crippen molar-refractivity contribution in [1.82, 2.24) is 20.9 Å². The van der Waals surface area contributed by atoms with E-state index in [0.717, 1.165) is 13.0 Å². The molecule has 2 aliphatic rings. The highest BCUT2D eigenvalue weighted by molar-refractivity contribution is 5.92. The first kappa shape index (κ1) is 10.7. The van der Waals surface area contributed by atoms with E-state index in [9.17, 15) is 4.79 Å². The Bertz CT molecular complexity index is 326. The molecular weight excluding hydrogens is 208 g/mol. The van der Waals surface area contributed by atoms with Gasteiger partial charge in [-0.1, -0.05) is 0 Å². The van der Waals surface area contributed by atoms with Gasteiger partial charge in [-0.15, -0.1) is 10.2 Å². The molecule has 0 spiro atoms. The van der Waals surface area contributed by atoms with E-state index in [2.05, 4.69) is 26.2 Å². The Morgan fingerprint density at radius 3 is 3.25 bits per heavy atom. The van der Waals surface area contributed by atoms with Crippen LogP contribution in [0, 0.1) is 0 Å². The summed E-state index contributed by atoms with van der Waals surface area (Å²) in [5.41, 5.74) is 0. The average Bonchev–Trinajstić information content (AvgIpc) is 2.90. The summed E-state index contributed by atoms with van der Waals surface area (Å²) in [6.07, 6.45) is 2.31. The molecule has 2 N–H and O–H groups in total. The van der Waals surface area contributed by atoms with Gasteiger partial charge in [0.2, 0.25) is 5.96 Å². The van der Waals surface area contributed by atoms with E-state index < -0.39 is 0 Å². The van der Waals surface area contributed by atoms with Gasteiger partial charge in [0.1, 0.15) is 6.34 Å². The fourth-order valence-electron chi connectivity index (χ4n) is 1.76. The number of nitrogens with one attached hydrogen (secondary N) is 2. The van der Waals surface area contributed by atoms with Crippen LogP contribution in [0.1, 0.15) is 13.3 Å². The standard InChI is InChI=1S/C9H15N6O/c1-2-10-9(16)15-4-3-7(5-15)13-8-11-6-12-14-8/h6-7H,2-5H2,1H3,(H,10,16)(H,13,14). The average molecular weight is 223 g/mol. The maximum Gasteiger partial charge on any atom is 0.317 e. The van der Waals surface area contributed by atoms with Gasteiger partial charge in [0.05, 0.1) is 0 Å². The number of carbonyl (C=O) groups excluding carboxylic acids is 1. The molecule has 1 unspecified atom stereocenters. The maximum atomic E-state index is 11.5. The lowest BCUT2D eigenvalue weighted by Gasteiger charge is -2.17. The zero-order valence-corrected chi connectivity index (χ0v) is 9.18. The second-order valence-electron chi connectivity index (χ2n) is 3.70. The minimum absolute atomic E-state index is 0.00616. The van der Waals surface area contributed by atoms with Crippen molar-refractivity contribution in [3.63, 3.8) is 0 Å². The molecule has 1 saturated heterocycles. The van der Waals surface area contributed by atoms with Gasteiger partial charge in [-0.05, 0) is 13.3 Å². The van der Waals surface area contributed by atoms with Crippen molar-refractivity contribution in [2.75, 3.05) is 19.6 Å². The van der Waals surface area contributed by atoms with Gasteiger partial charge in [0.25, 0.3) is 0 Å². The SMILES string of the molecule is CCNC(=O)N1CCC(NC2=NN=C[N]2)C1. The molecule has 0 saturated carbocycles. The van der Waals surface area contributed by atoms with Gasteiger partial charge in [-0.2, -0.15) is 5.32 Å². The van der Waals surface area contributed by atoms with Crippen molar-refractivity contribution in [3.05, 3.63) is 0 Å². The lowest BCUT2D eigenvalue weighted by atomic mass is 10.3. The zero-order chi connectivity index (χ0) is 11.4. The van der Waals surface area contributed by atoms with Crippen LogP contribution in [-0.2, 0) is 0 Å². The number of hydrogen-bond donors (Lipinski definition) is 2. The third-order valence-electron chi connectivity index (χ3n) is 2.52. The van der Waals surface area contributed by atoms with Crippen LogP contribution in [0.5, 0.6) is 0 Å². The number of hydrogen-bond acceptors (Lipinski definition) is 4. The van der Waals surface area contributed by atoms with Crippen LogP contribution in [0.25, 0.3) is 0 Å². The molecule has 16 heavy (non-hydrogen) atoms. The second-order valence-corrected chi connectivity index (χ2v) is 3.70. The topological polar surface area (TPSA) is 83.2 Å². The Morgan fingerprint density at radius 2 is 2.56 bits per heavy atom. The number of guanidine groups is 1. The van der Waals surface area contributed by atoms with E-state index >= 15 is 0 Å². The molecule has 1 fully saturated rings. The number of rotatable bonds is 2. The maximum absolute atomic E-state index is 11.5. The van der Waals surface area contributed by atoms with Gasteiger partial charge in [-0.3, -0.25) is 0 Å². The molecule has 0 bridgehead atoms. The lowest BCUT2D eigenvalue weighted by Crippen LogP contribution is -2.43. The molecule has 2 heterocycles. The molecule has 1 atom stereocenters. The Morgan fingerprint density at radius 1 is 1.69 bits per heavy atom. The zero-order valence-electron chi connectivity index (χ0n) is 9.18. The third-order valence-corrected chi connectivity index (χ3v) is 2.52. The Balaban J connectivity index is 1.77. The summed E-state index contributed by atoms with van der Waals surface area (Å²) in [6, 6.07) is 0.208. The minimum Gasteiger partial charge on any atom is -0.348 e. The van der Waals surface area contributed by atoms with Crippen molar-refractivity contribution >= 4 is 18.3 Å². The summed E-state index contributed by atoms with van der Waals surface area (Å²) >= 11 is 0. The molecule has 7 heteroatoms. The van der Waals surface area contributed by atoms with Crippen molar-refractivity contribution in [3.8, 4) is 0 Å². The lowest BCUT2D eigenvalue weighted by molar-refractivity contribution is 0.208. The van der Waals surface area contributed by atoms with Crippen molar-refractivity contribution in [2.45, 2.75) is 19.4 Å². The normalized spacial score (nSPS) is 22.9. The van der Waals surface area contributed by atoms with Crippen LogP contribution < -0.4 is 16.0 Å². The Kier molecular flexibility index (Phi) is 3.23. The molecule has 7 nitrogen and oxygen atoms in total. The van der Waals surface area contributed by atoms with E-state index in [-0.39, 0.29) is 12.1 Å². The fourth-order valence-corrected chi connectivity index (χ4v) is 1.76. The van der Waals surface area contributed by atoms with Gasteiger partial charge < -0.3 is 15.5 Å². The number of nitrogens with zero attached hydrogens (tertiary/aromatic N) is 4. The van der Waals surface area contributed by atoms with Crippen LogP contribution in [-0.4, -0.2) is 48.9 Å². The molecule has 2 rings (SSSR count). The largest absolute Gasteiger partial charge is 0.348 e. The summed E-state index contributed by atoms with van der Waals surface area (Å²) in [6.45, 7) is 4.01. The Hall–Kier alpha value is -1.79. The summed E-state index contributed by atoms with van der Waals surface area (Å²) in [7, 11) is 0. The molecule has 2 aliphatic heterocycles. The van der Waals surface area contributed by atoms with Gasteiger partial charge >= 0.3 is 6.03 Å². The molecule has 0 aliphatic carbocycles. The first-order chi connectivity index (χ1) is 7.79. The molecule has 0 aromatic carbocycles. The highest BCUT2D eigenvalue weighted by Gasteiger charge is 2.26. The first-order valence-electron chi connectivity index (χ1n) is 5.39. The van der Waals surface area contributed by atoms with Gasteiger partial charge in [0.15, 0.2) is 0 Å².